The first-order valence-corrected chi connectivity index (χ1v) is 9.98. The van der Waals surface area contributed by atoms with Crippen molar-refractivity contribution < 1.29 is 9.47 Å². The Kier molecular flexibility index (Phi) is 3.94. The van der Waals surface area contributed by atoms with Crippen LogP contribution in [0.2, 0.25) is 5.02 Å². The molecule has 152 valence electrons. The average molecular weight is 432 g/mol. The summed E-state index contributed by atoms with van der Waals surface area (Å²) in [5.41, 5.74) is 1.91. The van der Waals surface area contributed by atoms with E-state index in [1.165, 1.54) is 6.20 Å². The fourth-order valence-electron chi connectivity index (χ4n) is 3.63. The minimum atomic E-state index is -0.203. The van der Waals surface area contributed by atoms with Gasteiger partial charge >= 0.3 is 0 Å². The van der Waals surface area contributed by atoms with Crippen molar-refractivity contribution in [3.63, 3.8) is 0 Å². The second kappa shape index (κ2) is 6.82. The molecule has 0 saturated carbocycles. The predicted molar refractivity (Wildman–Crippen MR) is 115 cm³/mol. The summed E-state index contributed by atoms with van der Waals surface area (Å²) in [7, 11) is 0. The molecule has 6 rings (SSSR count). The van der Waals surface area contributed by atoms with E-state index in [1.807, 2.05) is 24.3 Å². The van der Waals surface area contributed by atoms with Gasteiger partial charge in [0.25, 0.3) is 11.3 Å². The van der Waals surface area contributed by atoms with Crippen molar-refractivity contribution >= 4 is 28.3 Å². The molecule has 0 N–H and O–H groups in total. The van der Waals surface area contributed by atoms with Gasteiger partial charge < -0.3 is 9.47 Å². The van der Waals surface area contributed by atoms with Gasteiger partial charge in [0.15, 0.2) is 17.3 Å². The van der Waals surface area contributed by atoms with Crippen molar-refractivity contribution in [2.75, 3.05) is 13.2 Å². The lowest BCUT2D eigenvalue weighted by atomic mass is 10.2. The molecule has 1 aliphatic heterocycles. The Morgan fingerprint density at radius 3 is 2.61 bits per heavy atom. The minimum absolute atomic E-state index is 0.203. The van der Waals surface area contributed by atoms with Gasteiger partial charge in [-0.15, -0.1) is 5.10 Å². The Balaban J connectivity index is 1.49. The predicted octanol–water partition coefficient (Wildman–Crippen LogP) is 3.52. The molecule has 2 aromatic carbocycles. The second-order valence-corrected chi connectivity index (χ2v) is 7.47. The van der Waals surface area contributed by atoms with E-state index in [0.717, 1.165) is 5.56 Å². The first kappa shape index (κ1) is 17.9. The van der Waals surface area contributed by atoms with E-state index in [1.54, 1.807) is 39.5 Å². The van der Waals surface area contributed by atoms with Gasteiger partial charge in [-0.1, -0.05) is 11.6 Å². The number of fused-ring (bicyclic) bond motifs is 4. The Bertz CT molecular complexity index is 1520. The van der Waals surface area contributed by atoms with Crippen molar-refractivity contribution in [2.45, 2.75) is 0 Å². The van der Waals surface area contributed by atoms with Crippen molar-refractivity contribution in [2.24, 2.45) is 0 Å². The zero-order valence-corrected chi connectivity index (χ0v) is 16.8. The summed E-state index contributed by atoms with van der Waals surface area (Å²) < 4.78 is 14.3. The van der Waals surface area contributed by atoms with Crippen LogP contribution in [0.1, 0.15) is 0 Å². The molecular weight excluding hydrogens is 418 g/mol. The van der Waals surface area contributed by atoms with E-state index in [-0.39, 0.29) is 5.56 Å². The summed E-state index contributed by atoms with van der Waals surface area (Å²) >= 11 is 5.96. The van der Waals surface area contributed by atoms with Crippen LogP contribution in [0.5, 0.6) is 11.5 Å². The SMILES string of the molecule is O=c1c2cnc3nc(-c4ccc5c(c4)OCCO5)nn3c2ccn1-c1ccc(Cl)cc1. The molecule has 0 radical (unpaired) electrons. The minimum Gasteiger partial charge on any atom is -0.486 e. The summed E-state index contributed by atoms with van der Waals surface area (Å²) in [5, 5.41) is 5.64. The molecule has 0 fully saturated rings. The zero-order valence-electron chi connectivity index (χ0n) is 16.0. The van der Waals surface area contributed by atoms with Gasteiger partial charge in [0.2, 0.25) is 0 Å². The number of aromatic nitrogens is 5. The number of ether oxygens (including phenoxy) is 2. The molecule has 0 bridgehead atoms. The van der Waals surface area contributed by atoms with Crippen molar-refractivity contribution in [1.29, 1.82) is 0 Å². The maximum absolute atomic E-state index is 13.1. The van der Waals surface area contributed by atoms with E-state index in [4.69, 9.17) is 21.1 Å². The topological polar surface area (TPSA) is 83.5 Å². The molecule has 0 unspecified atom stereocenters. The van der Waals surface area contributed by atoms with Gasteiger partial charge in [0.1, 0.15) is 13.2 Å². The molecule has 0 atom stereocenters. The van der Waals surface area contributed by atoms with E-state index in [9.17, 15) is 4.79 Å². The van der Waals surface area contributed by atoms with E-state index < -0.39 is 0 Å². The number of nitrogens with zero attached hydrogens (tertiary/aromatic N) is 5. The number of hydrogen-bond donors (Lipinski definition) is 0. The normalized spacial score (nSPS) is 13.1. The van der Waals surface area contributed by atoms with Crippen LogP contribution in [0.25, 0.3) is 33.8 Å². The first-order valence-electron chi connectivity index (χ1n) is 9.60. The molecule has 0 saturated heterocycles. The highest BCUT2D eigenvalue weighted by Crippen LogP contribution is 2.33. The third-order valence-electron chi connectivity index (χ3n) is 5.14. The summed E-state index contributed by atoms with van der Waals surface area (Å²) in [4.78, 5) is 22.0. The van der Waals surface area contributed by atoms with Gasteiger partial charge in [0.05, 0.1) is 10.9 Å². The van der Waals surface area contributed by atoms with Gasteiger partial charge in [-0.2, -0.15) is 9.50 Å². The first-order chi connectivity index (χ1) is 15.2. The lowest BCUT2D eigenvalue weighted by molar-refractivity contribution is 0.171. The highest BCUT2D eigenvalue weighted by Gasteiger charge is 2.16. The molecule has 5 aromatic rings. The van der Waals surface area contributed by atoms with Crippen LogP contribution < -0.4 is 15.0 Å². The Morgan fingerprint density at radius 2 is 1.77 bits per heavy atom. The van der Waals surface area contributed by atoms with Crippen LogP contribution in [0.4, 0.5) is 0 Å². The average Bonchev–Trinajstić information content (AvgIpc) is 3.25. The molecule has 9 heteroatoms. The van der Waals surface area contributed by atoms with Crippen molar-refractivity contribution in [3.8, 4) is 28.6 Å². The number of benzene rings is 2. The number of halogens is 1. The van der Waals surface area contributed by atoms with Gasteiger partial charge in [-0.3, -0.25) is 9.36 Å². The molecule has 1 aliphatic rings. The van der Waals surface area contributed by atoms with Crippen LogP contribution in [0, 0.1) is 0 Å². The van der Waals surface area contributed by atoms with Crippen LogP contribution >= 0.6 is 11.6 Å². The summed E-state index contributed by atoms with van der Waals surface area (Å²) in [6, 6.07) is 14.4. The molecular formula is C22H14ClN5O3. The van der Waals surface area contributed by atoms with Crippen LogP contribution in [-0.2, 0) is 0 Å². The van der Waals surface area contributed by atoms with E-state index in [2.05, 4.69) is 15.1 Å². The quantitative estimate of drug-likeness (QED) is 0.425. The second-order valence-electron chi connectivity index (χ2n) is 7.03. The third kappa shape index (κ3) is 2.91. The van der Waals surface area contributed by atoms with Gasteiger partial charge in [0, 0.05) is 28.7 Å². The molecule has 4 heterocycles. The fourth-order valence-corrected chi connectivity index (χ4v) is 3.76. The number of rotatable bonds is 2. The molecule has 0 amide bonds. The maximum Gasteiger partial charge on any atom is 0.266 e. The molecule has 0 aliphatic carbocycles. The number of hydrogen-bond acceptors (Lipinski definition) is 6. The summed E-state index contributed by atoms with van der Waals surface area (Å²) in [6.07, 6.45) is 3.24. The number of pyridine rings is 1. The van der Waals surface area contributed by atoms with Crippen LogP contribution in [0.3, 0.4) is 0 Å². The van der Waals surface area contributed by atoms with Crippen LogP contribution in [0.15, 0.2) is 65.7 Å². The Morgan fingerprint density at radius 1 is 0.968 bits per heavy atom. The molecule has 3 aromatic heterocycles. The van der Waals surface area contributed by atoms with E-state index >= 15 is 0 Å². The zero-order chi connectivity index (χ0) is 20.9. The lowest BCUT2D eigenvalue weighted by Crippen LogP contribution is -2.18. The largest absolute Gasteiger partial charge is 0.486 e. The Hall–Kier alpha value is -3.91. The maximum atomic E-state index is 13.1. The van der Waals surface area contributed by atoms with Crippen LogP contribution in [-0.4, -0.2) is 37.4 Å². The summed E-state index contributed by atoms with van der Waals surface area (Å²) in [5.74, 6) is 2.25. The standard InChI is InChI=1S/C22H14ClN5O3/c23-14-2-4-15(5-3-14)27-8-7-17-16(21(27)29)12-24-22-25-20(26-28(17)22)13-1-6-18-19(11-13)31-10-9-30-18/h1-8,11-12H,9-10H2. The lowest BCUT2D eigenvalue weighted by Gasteiger charge is -2.18. The monoisotopic (exact) mass is 431 g/mol. The van der Waals surface area contributed by atoms with Crippen molar-refractivity contribution in [3.05, 3.63) is 76.3 Å². The van der Waals surface area contributed by atoms with Crippen molar-refractivity contribution in [1.82, 2.24) is 24.1 Å². The third-order valence-corrected chi connectivity index (χ3v) is 5.39. The molecule has 0 spiro atoms. The fraction of sp³-hybridized carbons (Fsp3) is 0.0909. The molecule has 8 nitrogen and oxygen atoms in total. The summed E-state index contributed by atoms with van der Waals surface area (Å²) in [6.45, 7) is 1.03. The van der Waals surface area contributed by atoms with Gasteiger partial charge in [-0.25, -0.2) is 4.98 Å². The Labute approximate surface area is 180 Å². The van der Waals surface area contributed by atoms with E-state index in [0.29, 0.717) is 57.9 Å². The van der Waals surface area contributed by atoms with Gasteiger partial charge in [-0.05, 0) is 48.5 Å². The highest BCUT2D eigenvalue weighted by atomic mass is 35.5. The smallest absolute Gasteiger partial charge is 0.266 e. The highest BCUT2D eigenvalue weighted by molar-refractivity contribution is 6.30. The molecule has 31 heavy (non-hydrogen) atoms.